The van der Waals surface area contributed by atoms with Crippen molar-refractivity contribution in [2.75, 3.05) is 11.5 Å². The SMILES string of the molecule is CC(C)(CS)C(=O)NC(CCS)C(=O)O. The molecule has 0 aromatic carbocycles. The molecule has 0 heterocycles. The van der Waals surface area contributed by atoms with Crippen LogP contribution in [0.2, 0.25) is 0 Å². The fraction of sp³-hybridized carbons (Fsp3) is 0.778. The Hall–Kier alpha value is -0.360. The summed E-state index contributed by atoms with van der Waals surface area (Å²) in [6, 6.07) is -0.867. The van der Waals surface area contributed by atoms with Gasteiger partial charge in [-0.1, -0.05) is 13.8 Å². The Morgan fingerprint density at radius 2 is 1.93 bits per heavy atom. The van der Waals surface area contributed by atoms with Crippen molar-refractivity contribution < 1.29 is 14.7 Å². The van der Waals surface area contributed by atoms with Crippen LogP contribution in [0.15, 0.2) is 0 Å². The number of thiol groups is 2. The van der Waals surface area contributed by atoms with Crippen LogP contribution in [0.3, 0.4) is 0 Å². The number of carboxylic acid groups (broad SMARTS) is 1. The first-order valence-electron chi connectivity index (χ1n) is 4.60. The average Bonchev–Trinajstić information content (AvgIpc) is 2.16. The van der Waals surface area contributed by atoms with Crippen molar-refractivity contribution in [2.45, 2.75) is 26.3 Å². The van der Waals surface area contributed by atoms with Crippen LogP contribution in [-0.4, -0.2) is 34.5 Å². The summed E-state index contributed by atoms with van der Waals surface area (Å²) in [6.45, 7) is 3.43. The molecular formula is C9H17NO3S2. The van der Waals surface area contributed by atoms with Gasteiger partial charge in [0, 0.05) is 5.75 Å². The monoisotopic (exact) mass is 251 g/mol. The Morgan fingerprint density at radius 1 is 1.40 bits per heavy atom. The Kier molecular flexibility index (Phi) is 6.12. The van der Waals surface area contributed by atoms with Crippen LogP contribution in [0.4, 0.5) is 0 Å². The van der Waals surface area contributed by atoms with Crippen LogP contribution in [0.5, 0.6) is 0 Å². The first-order chi connectivity index (χ1) is 6.85. The van der Waals surface area contributed by atoms with Crippen molar-refractivity contribution in [1.29, 1.82) is 0 Å². The molecule has 0 rings (SSSR count). The molecule has 0 aliphatic heterocycles. The molecule has 0 saturated heterocycles. The summed E-state index contributed by atoms with van der Waals surface area (Å²) in [5.41, 5.74) is -0.659. The van der Waals surface area contributed by atoms with E-state index in [0.717, 1.165) is 0 Å². The van der Waals surface area contributed by atoms with E-state index < -0.39 is 17.4 Å². The van der Waals surface area contributed by atoms with Crippen LogP contribution in [0, 0.1) is 5.41 Å². The van der Waals surface area contributed by atoms with Gasteiger partial charge >= 0.3 is 5.97 Å². The molecule has 88 valence electrons. The number of amides is 1. The molecule has 0 aromatic heterocycles. The molecule has 0 aliphatic carbocycles. The van der Waals surface area contributed by atoms with Gasteiger partial charge < -0.3 is 10.4 Å². The minimum atomic E-state index is -1.03. The Balaban J connectivity index is 4.41. The topological polar surface area (TPSA) is 66.4 Å². The van der Waals surface area contributed by atoms with E-state index >= 15 is 0 Å². The summed E-state index contributed by atoms with van der Waals surface area (Å²) in [6.07, 6.45) is 0.312. The zero-order valence-electron chi connectivity index (χ0n) is 8.86. The van der Waals surface area contributed by atoms with Crippen molar-refractivity contribution in [2.24, 2.45) is 5.41 Å². The largest absolute Gasteiger partial charge is 0.480 e. The summed E-state index contributed by atoms with van der Waals surface area (Å²) in [5.74, 6) is -0.552. The maximum Gasteiger partial charge on any atom is 0.326 e. The van der Waals surface area contributed by atoms with Crippen molar-refractivity contribution in [3.05, 3.63) is 0 Å². The number of rotatable bonds is 6. The van der Waals surface area contributed by atoms with E-state index in [-0.39, 0.29) is 5.91 Å². The quantitative estimate of drug-likeness (QED) is 0.529. The lowest BCUT2D eigenvalue weighted by Crippen LogP contribution is -2.47. The van der Waals surface area contributed by atoms with E-state index in [0.29, 0.717) is 17.9 Å². The van der Waals surface area contributed by atoms with E-state index in [2.05, 4.69) is 30.6 Å². The molecule has 0 fully saturated rings. The molecule has 4 nitrogen and oxygen atoms in total. The van der Waals surface area contributed by atoms with Gasteiger partial charge in [0.15, 0.2) is 0 Å². The van der Waals surface area contributed by atoms with Gasteiger partial charge in [0.2, 0.25) is 5.91 Å². The van der Waals surface area contributed by atoms with Gasteiger partial charge in [-0.15, -0.1) is 0 Å². The Morgan fingerprint density at radius 3 is 2.27 bits per heavy atom. The smallest absolute Gasteiger partial charge is 0.326 e. The molecule has 0 spiro atoms. The maximum atomic E-state index is 11.6. The van der Waals surface area contributed by atoms with Crippen LogP contribution >= 0.6 is 25.3 Å². The van der Waals surface area contributed by atoms with Gasteiger partial charge in [0.1, 0.15) is 6.04 Å². The van der Waals surface area contributed by atoms with Gasteiger partial charge in [-0.2, -0.15) is 25.3 Å². The fourth-order valence-corrected chi connectivity index (χ4v) is 1.21. The minimum absolute atomic E-state index is 0.299. The van der Waals surface area contributed by atoms with E-state index in [4.69, 9.17) is 5.11 Å². The summed E-state index contributed by atoms with van der Waals surface area (Å²) >= 11 is 7.99. The van der Waals surface area contributed by atoms with Gasteiger partial charge in [0.05, 0.1) is 5.41 Å². The molecule has 0 radical (unpaired) electrons. The van der Waals surface area contributed by atoms with E-state index in [1.807, 2.05) is 0 Å². The first kappa shape index (κ1) is 14.6. The maximum absolute atomic E-state index is 11.6. The van der Waals surface area contributed by atoms with E-state index in [1.54, 1.807) is 13.8 Å². The predicted molar refractivity (Wildman–Crippen MR) is 65.7 cm³/mol. The highest BCUT2D eigenvalue weighted by Crippen LogP contribution is 2.17. The van der Waals surface area contributed by atoms with Gasteiger partial charge in [-0.25, -0.2) is 4.79 Å². The molecule has 1 unspecified atom stereocenters. The second kappa shape index (κ2) is 6.27. The predicted octanol–water partition coefficient (Wildman–Crippen LogP) is 0.832. The lowest BCUT2D eigenvalue weighted by Gasteiger charge is -2.23. The lowest BCUT2D eigenvalue weighted by molar-refractivity contribution is -0.143. The Labute approximate surface area is 101 Å². The normalized spacial score (nSPS) is 13.3. The summed E-state index contributed by atoms with van der Waals surface area (Å²) in [5, 5.41) is 11.3. The molecule has 0 aliphatic rings. The summed E-state index contributed by atoms with van der Waals surface area (Å²) in [7, 11) is 0. The fourth-order valence-electron chi connectivity index (χ4n) is 0.812. The molecule has 0 aromatic rings. The molecule has 0 bridgehead atoms. The van der Waals surface area contributed by atoms with E-state index in [1.165, 1.54) is 0 Å². The standard InChI is InChI=1S/C9H17NO3S2/c1-9(2,5-15)8(13)10-6(3-4-14)7(11)12/h6,14-15H,3-5H2,1-2H3,(H,10,13)(H,11,12). The Bertz CT molecular complexity index is 244. The molecular weight excluding hydrogens is 234 g/mol. The van der Waals surface area contributed by atoms with Crippen LogP contribution in [0.25, 0.3) is 0 Å². The van der Waals surface area contributed by atoms with Crippen LogP contribution < -0.4 is 5.32 Å². The molecule has 6 heteroatoms. The van der Waals surface area contributed by atoms with Gasteiger partial charge in [0.25, 0.3) is 0 Å². The van der Waals surface area contributed by atoms with Crippen molar-refractivity contribution in [3.63, 3.8) is 0 Å². The van der Waals surface area contributed by atoms with Gasteiger partial charge in [-0.05, 0) is 12.2 Å². The molecule has 15 heavy (non-hydrogen) atoms. The zero-order chi connectivity index (χ0) is 12.1. The average molecular weight is 251 g/mol. The molecule has 1 atom stereocenters. The third-order valence-corrected chi connectivity index (χ3v) is 3.08. The van der Waals surface area contributed by atoms with Crippen molar-refractivity contribution in [3.8, 4) is 0 Å². The molecule has 1 amide bonds. The number of aliphatic carboxylic acids is 1. The highest BCUT2D eigenvalue weighted by molar-refractivity contribution is 7.80. The second-order valence-electron chi connectivity index (χ2n) is 3.92. The number of hydrogen-bond acceptors (Lipinski definition) is 4. The lowest BCUT2D eigenvalue weighted by atomic mass is 9.94. The highest BCUT2D eigenvalue weighted by atomic mass is 32.1. The first-order valence-corrected chi connectivity index (χ1v) is 5.87. The van der Waals surface area contributed by atoms with Crippen molar-refractivity contribution >= 4 is 37.1 Å². The highest BCUT2D eigenvalue weighted by Gasteiger charge is 2.29. The zero-order valence-corrected chi connectivity index (χ0v) is 10.6. The van der Waals surface area contributed by atoms with E-state index in [9.17, 15) is 9.59 Å². The number of nitrogens with one attached hydrogen (secondary N) is 1. The molecule has 0 saturated carbocycles. The molecule has 2 N–H and O–H groups in total. The number of carboxylic acids is 1. The third-order valence-electron chi connectivity index (χ3n) is 2.03. The summed E-state index contributed by atoms with van der Waals surface area (Å²) < 4.78 is 0. The van der Waals surface area contributed by atoms with Crippen molar-refractivity contribution in [1.82, 2.24) is 5.32 Å². The van der Waals surface area contributed by atoms with Crippen LogP contribution in [0.1, 0.15) is 20.3 Å². The van der Waals surface area contributed by atoms with Gasteiger partial charge in [-0.3, -0.25) is 4.79 Å². The minimum Gasteiger partial charge on any atom is -0.480 e. The number of carbonyl (C=O) groups excluding carboxylic acids is 1. The van der Waals surface area contributed by atoms with Crippen LogP contribution in [-0.2, 0) is 9.59 Å². The number of carbonyl (C=O) groups is 2. The summed E-state index contributed by atoms with van der Waals surface area (Å²) in [4.78, 5) is 22.4. The second-order valence-corrected chi connectivity index (χ2v) is 4.68. The number of hydrogen-bond donors (Lipinski definition) is 4. The third kappa shape index (κ3) is 4.79.